The highest BCUT2D eigenvalue weighted by Crippen LogP contribution is 2.22. The maximum absolute atomic E-state index is 13.0. The molecule has 166 valence electrons. The van der Waals surface area contributed by atoms with Crippen molar-refractivity contribution < 1.29 is 18.0 Å². The zero-order valence-electron chi connectivity index (χ0n) is 17.9. The Bertz CT molecular complexity index is 1180. The van der Waals surface area contributed by atoms with Crippen LogP contribution in [0.2, 0.25) is 0 Å². The highest BCUT2D eigenvalue weighted by molar-refractivity contribution is 7.92. The number of carbonyl (C=O) groups is 2. The first-order valence-electron chi connectivity index (χ1n) is 10.0. The molecule has 3 aromatic rings. The van der Waals surface area contributed by atoms with Crippen LogP contribution in [0.4, 0.5) is 11.4 Å². The number of amides is 2. The first-order chi connectivity index (χ1) is 15.3. The standard InChI is InChI=1S/C24H25N3O4S/c1-18(27(32(2,30)31)20-13-7-4-8-14-20)23(28)26-22-16-10-9-15-21(22)24(29)25-17-19-11-5-3-6-12-19/h3-16,18H,17H2,1-2H3,(H,25,29)(H,26,28)/t18-/m0/s1. The number of rotatable bonds is 8. The second kappa shape index (κ2) is 10.1. The van der Waals surface area contributed by atoms with Crippen LogP contribution in [0.5, 0.6) is 0 Å². The molecule has 0 radical (unpaired) electrons. The molecule has 0 heterocycles. The van der Waals surface area contributed by atoms with Gasteiger partial charge in [-0.3, -0.25) is 13.9 Å². The van der Waals surface area contributed by atoms with Crippen molar-refractivity contribution in [2.45, 2.75) is 19.5 Å². The van der Waals surface area contributed by atoms with E-state index in [0.717, 1.165) is 16.1 Å². The van der Waals surface area contributed by atoms with Gasteiger partial charge < -0.3 is 10.6 Å². The average Bonchev–Trinajstić information content (AvgIpc) is 2.78. The molecule has 0 fully saturated rings. The molecule has 0 aliphatic carbocycles. The van der Waals surface area contributed by atoms with Gasteiger partial charge in [-0.05, 0) is 36.8 Å². The van der Waals surface area contributed by atoms with E-state index in [1.165, 1.54) is 6.92 Å². The van der Waals surface area contributed by atoms with Crippen LogP contribution < -0.4 is 14.9 Å². The lowest BCUT2D eigenvalue weighted by Crippen LogP contribution is -2.45. The SMILES string of the molecule is C[C@@H](C(=O)Nc1ccccc1C(=O)NCc1ccccc1)N(c1ccccc1)S(C)(=O)=O. The molecule has 0 spiro atoms. The number of nitrogens with zero attached hydrogens (tertiary/aromatic N) is 1. The van der Waals surface area contributed by atoms with Crippen LogP contribution in [0.3, 0.4) is 0 Å². The summed E-state index contributed by atoms with van der Waals surface area (Å²) in [6, 6.07) is 23.4. The predicted molar refractivity (Wildman–Crippen MR) is 126 cm³/mol. The van der Waals surface area contributed by atoms with Gasteiger partial charge in [-0.1, -0.05) is 60.7 Å². The van der Waals surface area contributed by atoms with Gasteiger partial charge in [0.15, 0.2) is 0 Å². The summed E-state index contributed by atoms with van der Waals surface area (Å²) < 4.78 is 25.9. The van der Waals surface area contributed by atoms with Gasteiger partial charge in [0.05, 0.1) is 23.2 Å². The number of benzene rings is 3. The van der Waals surface area contributed by atoms with E-state index in [9.17, 15) is 18.0 Å². The summed E-state index contributed by atoms with van der Waals surface area (Å²) in [7, 11) is -3.73. The van der Waals surface area contributed by atoms with Crippen LogP contribution in [0, 0.1) is 0 Å². The third kappa shape index (κ3) is 5.73. The van der Waals surface area contributed by atoms with Gasteiger partial charge in [-0.25, -0.2) is 8.42 Å². The van der Waals surface area contributed by atoms with Gasteiger partial charge in [0.2, 0.25) is 15.9 Å². The molecule has 32 heavy (non-hydrogen) atoms. The molecule has 0 aliphatic rings. The molecule has 0 saturated carbocycles. The van der Waals surface area contributed by atoms with Crippen molar-refractivity contribution in [1.82, 2.24) is 5.32 Å². The Hall–Kier alpha value is -3.65. The van der Waals surface area contributed by atoms with Crippen LogP contribution in [0.15, 0.2) is 84.9 Å². The molecule has 8 heteroatoms. The third-order valence-electron chi connectivity index (χ3n) is 4.82. The molecular formula is C24H25N3O4S. The van der Waals surface area contributed by atoms with Gasteiger partial charge in [-0.15, -0.1) is 0 Å². The number of hydrogen-bond acceptors (Lipinski definition) is 4. The van der Waals surface area contributed by atoms with E-state index in [0.29, 0.717) is 17.9 Å². The van der Waals surface area contributed by atoms with Crippen LogP contribution in [0.1, 0.15) is 22.8 Å². The van der Waals surface area contributed by atoms with E-state index in [1.54, 1.807) is 54.6 Å². The molecule has 0 aliphatic heterocycles. The number of hydrogen-bond donors (Lipinski definition) is 2. The summed E-state index contributed by atoms with van der Waals surface area (Å²) in [6.07, 6.45) is 1.05. The third-order valence-corrected chi connectivity index (χ3v) is 6.07. The average molecular weight is 452 g/mol. The van der Waals surface area contributed by atoms with E-state index >= 15 is 0 Å². The number of para-hydroxylation sites is 2. The lowest BCUT2D eigenvalue weighted by molar-refractivity contribution is -0.116. The fourth-order valence-electron chi connectivity index (χ4n) is 3.28. The number of anilines is 2. The molecule has 0 saturated heterocycles. The molecule has 2 N–H and O–H groups in total. The monoisotopic (exact) mass is 451 g/mol. The first kappa shape index (κ1) is 23.0. The van der Waals surface area contributed by atoms with E-state index in [1.807, 2.05) is 30.3 Å². The van der Waals surface area contributed by atoms with Crippen molar-refractivity contribution in [1.29, 1.82) is 0 Å². The molecule has 3 rings (SSSR count). The molecule has 7 nitrogen and oxygen atoms in total. The molecule has 0 bridgehead atoms. The van der Waals surface area contributed by atoms with Gasteiger partial charge in [-0.2, -0.15) is 0 Å². The molecule has 3 aromatic carbocycles. The lowest BCUT2D eigenvalue weighted by atomic mass is 10.1. The van der Waals surface area contributed by atoms with Gasteiger partial charge in [0.1, 0.15) is 6.04 Å². The Morgan fingerprint density at radius 3 is 2.06 bits per heavy atom. The van der Waals surface area contributed by atoms with Crippen molar-refractivity contribution >= 4 is 33.2 Å². The highest BCUT2D eigenvalue weighted by Gasteiger charge is 2.29. The van der Waals surface area contributed by atoms with Crippen LogP contribution in [0.25, 0.3) is 0 Å². The number of sulfonamides is 1. The van der Waals surface area contributed by atoms with E-state index in [2.05, 4.69) is 10.6 Å². The van der Waals surface area contributed by atoms with Crippen molar-refractivity contribution in [3.8, 4) is 0 Å². The van der Waals surface area contributed by atoms with E-state index in [-0.39, 0.29) is 11.5 Å². The number of carbonyl (C=O) groups excluding carboxylic acids is 2. The smallest absolute Gasteiger partial charge is 0.253 e. The maximum atomic E-state index is 13.0. The summed E-state index contributed by atoms with van der Waals surface area (Å²) in [5, 5.41) is 5.54. The second-order valence-corrected chi connectivity index (χ2v) is 9.13. The zero-order chi connectivity index (χ0) is 23.1. The minimum absolute atomic E-state index is 0.287. The minimum Gasteiger partial charge on any atom is -0.348 e. The molecule has 0 aromatic heterocycles. The Labute approximate surface area is 188 Å². The molecule has 0 unspecified atom stereocenters. The summed E-state index contributed by atoms with van der Waals surface area (Å²) in [5.74, 6) is -0.900. The van der Waals surface area contributed by atoms with Gasteiger partial charge >= 0.3 is 0 Å². The normalized spacial score (nSPS) is 11.9. The summed E-state index contributed by atoms with van der Waals surface area (Å²) in [4.78, 5) is 25.7. The van der Waals surface area contributed by atoms with Crippen molar-refractivity contribution in [3.63, 3.8) is 0 Å². The summed E-state index contributed by atoms with van der Waals surface area (Å²) in [5.41, 5.74) is 1.92. The maximum Gasteiger partial charge on any atom is 0.253 e. The first-order valence-corrected chi connectivity index (χ1v) is 11.9. The van der Waals surface area contributed by atoms with Crippen molar-refractivity contribution in [3.05, 3.63) is 96.1 Å². The second-order valence-electron chi connectivity index (χ2n) is 7.27. The molecule has 1 atom stereocenters. The quantitative estimate of drug-likeness (QED) is 0.549. The highest BCUT2D eigenvalue weighted by atomic mass is 32.2. The largest absolute Gasteiger partial charge is 0.348 e. The van der Waals surface area contributed by atoms with E-state index in [4.69, 9.17) is 0 Å². The van der Waals surface area contributed by atoms with Gasteiger partial charge in [0, 0.05) is 6.54 Å². The Morgan fingerprint density at radius 2 is 1.44 bits per heavy atom. The minimum atomic E-state index is -3.73. The summed E-state index contributed by atoms with van der Waals surface area (Å²) >= 11 is 0. The fraction of sp³-hybridized carbons (Fsp3) is 0.167. The van der Waals surface area contributed by atoms with Crippen molar-refractivity contribution in [2.24, 2.45) is 0 Å². The molecule has 2 amide bonds. The summed E-state index contributed by atoms with van der Waals surface area (Å²) in [6.45, 7) is 1.84. The zero-order valence-corrected chi connectivity index (χ0v) is 18.7. The van der Waals surface area contributed by atoms with Crippen LogP contribution in [-0.4, -0.2) is 32.5 Å². The Balaban J connectivity index is 1.78. The Morgan fingerprint density at radius 1 is 0.875 bits per heavy atom. The lowest BCUT2D eigenvalue weighted by Gasteiger charge is -2.28. The predicted octanol–water partition coefficient (Wildman–Crippen LogP) is 3.41. The van der Waals surface area contributed by atoms with Crippen LogP contribution in [-0.2, 0) is 21.4 Å². The Kier molecular flexibility index (Phi) is 7.27. The fourth-order valence-corrected chi connectivity index (χ4v) is 4.46. The molecular weight excluding hydrogens is 426 g/mol. The van der Waals surface area contributed by atoms with Crippen LogP contribution >= 0.6 is 0 Å². The topological polar surface area (TPSA) is 95.6 Å². The van der Waals surface area contributed by atoms with Crippen molar-refractivity contribution in [2.75, 3.05) is 15.9 Å². The number of nitrogens with one attached hydrogen (secondary N) is 2. The van der Waals surface area contributed by atoms with E-state index < -0.39 is 22.0 Å². The van der Waals surface area contributed by atoms with Gasteiger partial charge in [0.25, 0.3) is 5.91 Å².